The van der Waals surface area contributed by atoms with Crippen LogP contribution in [0, 0.1) is 5.92 Å². The van der Waals surface area contributed by atoms with Crippen molar-refractivity contribution in [3.8, 4) is 16.9 Å². The van der Waals surface area contributed by atoms with Crippen LogP contribution in [0.15, 0.2) is 54.6 Å². The molecule has 7 nitrogen and oxygen atoms in total. The lowest BCUT2D eigenvalue weighted by Crippen LogP contribution is -2.49. The number of amides is 3. The molecule has 152 valence electrons. The zero-order valence-electron chi connectivity index (χ0n) is 16.4. The van der Waals surface area contributed by atoms with Gasteiger partial charge in [-0.1, -0.05) is 56.3 Å². The molecule has 7 heteroatoms. The third kappa shape index (κ3) is 4.46. The third-order valence-electron chi connectivity index (χ3n) is 4.83. The largest absolute Gasteiger partial charge is 0.491 e. The molecule has 1 heterocycles. The van der Waals surface area contributed by atoms with Gasteiger partial charge in [-0.15, -0.1) is 0 Å². The molecule has 1 aliphatic heterocycles. The van der Waals surface area contributed by atoms with Crippen molar-refractivity contribution in [2.45, 2.75) is 25.9 Å². The number of imide groups is 1. The average molecular weight is 396 g/mol. The molecule has 1 saturated heterocycles. The van der Waals surface area contributed by atoms with Crippen LogP contribution in [0.1, 0.15) is 13.8 Å². The molecule has 3 rings (SSSR count). The van der Waals surface area contributed by atoms with Gasteiger partial charge in [0.05, 0.1) is 0 Å². The molecule has 29 heavy (non-hydrogen) atoms. The smallest absolute Gasteiger partial charge is 0.325 e. The standard InChI is InChI=1S/C22H24N2O5/c1-14(2)20(19(26)12-25)24-21(27)18(23-22(24)28)13-29-17-10-8-16(9-11-17)15-6-4-3-5-7-15/h3-11,14,18,20,25H,12-13H2,1-2H3,(H,23,28)/t18-,20+/m0/s1. The van der Waals surface area contributed by atoms with Gasteiger partial charge in [0.2, 0.25) is 0 Å². The second-order valence-corrected chi connectivity index (χ2v) is 7.23. The summed E-state index contributed by atoms with van der Waals surface area (Å²) in [4.78, 5) is 37.9. The maximum atomic E-state index is 12.7. The van der Waals surface area contributed by atoms with Gasteiger partial charge in [0.25, 0.3) is 5.91 Å². The first-order valence-corrected chi connectivity index (χ1v) is 9.47. The maximum Gasteiger partial charge on any atom is 0.325 e. The third-order valence-corrected chi connectivity index (χ3v) is 4.83. The van der Waals surface area contributed by atoms with E-state index < -0.39 is 36.4 Å². The van der Waals surface area contributed by atoms with Gasteiger partial charge in [-0.05, 0) is 29.2 Å². The van der Waals surface area contributed by atoms with E-state index in [1.165, 1.54) is 0 Å². The number of aliphatic hydroxyl groups is 1. The first-order chi connectivity index (χ1) is 13.9. The van der Waals surface area contributed by atoms with Crippen LogP contribution in [0.25, 0.3) is 11.1 Å². The highest BCUT2D eigenvalue weighted by Gasteiger charge is 2.45. The molecule has 3 amide bonds. The van der Waals surface area contributed by atoms with E-state index in [1.807, 2.05) is 42.5 Å². The Hall–Kier alpha value is -3.19. The van der Waals surface area contributed by atoms with Crippen molar-refractivity contribution < 1.29 is 24.2 Å². The molecule has 0 saturated carbocycles. The number of carbonyl (C=O) groups is 3. The summed E-state index contributed by atoms with van der Waals surface area (Å²) >= 11 is 0. The van der Waals surface area contributed by atoms with E-state index in [0.29, 0.717) is 5.75 Å². The molecular weight excluding hydrogens is 372 g/mol. The number of benzene rings is 2. The molecule has 0 aromatic heterocycles. The zero-order valence-corrected chi connectivity index (χ0v) is 16.4. The summed E-state index contributed by atoms with van der Waals surface area (Å²) in [7, 11) is 0. The molecule has 2 aromatic carbocycles. The summed E-state index contributed by atoms with van der Waals surface area (Å²) in [5.74, 6) is -0.843. The number of urea groups is 1. The summed E-state index contributed by atoms with van der Waals surface area (Å²) in [6.45, 7) is 2.66. The number of carbonyl (C=O) groups excluding carboxylic acids is 3. The monoisotopic (exact) mass is 396 g/mol. The van der Waals surface area contributed by atoms with Crippen LogP contribution in [0.5, 0.6) is 5.75 Å². The Morgan fingerprint density at radius 2 is 1.69 bits per heavy atom. The SMILES string of the molecule is CC(C)[C@H](C(=O)CO)N1C(=O)N[C@@H](COc2ccc(-c3ccccc3)cc2)C1=O. The number of hydrogen-bond acceptors (Lipinski definition) is 5. The van der Waals surface area contributed by atoms with E-state index in [2.05, 4.69) is 5.32 Å². The molecule has 0 spiro atoms. The van der Waals surface area contributed by atoms with Crippen LogP contribution in [0.2, 0.25) is 0 Å². The predicted molar refractivity (Wildman–Crippen MR) is 107 cm³/mol. The fraction of sp³-hybridized carbons (Fsp3) is 0.318. The summed E-state index contributed by atoms with van der Waals surface area (Å²) in [5.41, 5.74) is 2.12. The van der Waals surface area contributed by atoms with E-state index in [1.54, 1.807) is 26.0 Å². The highest BCUT2D eigenvalue weighted by molar-refractivity contribution is 6.08. The lowest BCUT2D eigenvalue weighted by Gasteiger charge is -2.26. The molecule has 2 atom stereocenters. The number of hydrogen-bond donors (Lipinski definition) is 2. The minimum atomic E-state index is -0.998. The quantitative estimate of drug-likeness (QED) is 0.667. The van der Waals surface area contributed by atoms with Crippen LogP contribution in [-0.2, 0) is 9.59 Å². The van der Waals surface area contributed by atoms with Crippen molar-refractivity contribution in [1.82, 2.24) is 10.2 Å². The van der Waals surface area contributed by atoms with Gasteiger partial charge in [-0.2, -0.15) is 0 Å². The Labute approximate surface area is 169 Å². The van der Waals surface area contributed by atoms with Gasteiger partial charge in [0.1, 0.15) is 31.0 Å². The van der Waals surface area contributed by atoms with Crippen molar-refractivity contribution in [3.05, 3.63) is 54.6 Å². The number of aliphatic hydroxyl groups excluding tert-OH is 1. The van der Waals surface area contributed by atoms with E-state index in [9.17, 15) is 14.4 Å². The second kappa shape index (κ2) is 8.87. The topological polar surface area (TPSA) is 95.9 Å². The minimum Gasteiger partial charge on any atom is -0.491 e. The molecule has 2 aromatic rings. The number of nitrogens with one attached hydrogen (secondary N) is 1. The molecule has 0 unspecified atom stereocenters. The van der Waals surface area contributed by atoms with Crippen LogP contribution < -0.4 is 10.1 Å². The number of nitrogens with zero attached hydrogens (tertiary/aromatic N) is 1. The molecule has 0 bridgehead atoms. The van der Waals surface area contributed by atoms with Crippen molar-refractivity contribution in [1.29, 1.82) is 0 Å². The fourth-order valence-corrected chi connectivity index (χ4v) is 3.39. The highest BCUT2D eigenvalue weighted by atomic mass is 16.5. The van der Waals surface area contributed by atoms with Gasteiger partial charge in [-0.3, -0.25) is 14.5 Å². The summed E-state index contributed by atoms with van der Waals surface area (Å²) in [5, 5.41) is 11.7. The van der Waals surface area contributed by atoms with Crippen molar-refractivity contribution >= 4 is 17.7 Å². The fourth-order valence-electron chi connectivity index (χ4n) is 3.39. The summed E-state index contributed by atoms with van der Waals surface area (Å²) < 4.78 is 5.68. The van der Waals surface area contributed by atoms with Gasteiger partial charge >= 0.3 is 6.03 Å². The van der Waals surface area contributed by atoms with E-state index in [4.69, 9.17) is 9.84 Å². The lowest BCUT2D eigenvalue weighted by atomic mass is 9.98. The first kappa shape index (κ1) is 20.5. The molecular formula is C22H24N2O5. The number of Topliss-reactive ketones (excluding diaryl/α,β-unsaturated/α-hetero) is 1. The van der Waals surface area contributed by atoms with E-state index >= 15 is 0 Å². The van der Waals surface area contributed by atoms with Gasteiger partial charge in [-0.25, -0.2) is 4.79 Å². The van der Waals surface area contributed by atoms with Gasteiger partial charge in [0.15, 0.2) is 5.78 Å². The molecule has 0 aliphatic carbocycles. The Balaban J connectivity index is 1.65. The Morgan fingerprint density at radius 3 is 2.28 bits per heavy atom. The Bertz CT molecular complexity index is 880. The Kier molecular flexibility index (Phi) is 6.29. The van der Waals surface area contributed by atoms with E-state index in [-0.39, 0.29) is 12.5 Å². The minimum absolute atomic E-state index is 0.0517. The Morgan fingerprint density at radius 1 is 1.07 bits per heavy atom. The second-order valence-electron chi connectivity index (χ2n) is 7.23. The molecule has 0 radical (unpaired) electrons. The van der Waals surface area contributed by atoms with E-state index in [0.717, 1.165) is 16.0 Å². The van der Waals surface area contributed by atoms with Crippen LogP contribution in [0.3, 0.4) is 0 Å². The number of rotatable bonds is 8. The molecule has 1 fully saturated rings. The first-order valence-electron chi connectivity index (χ1n) is 9.47. The van der Waals surface area contributed by atoms with Crippen LogP contribution in [-0.4, -0.2) is 53.0 Å². The number of ether oxygens (including phenoxy) is 1. The number of ketones is 1. The normalized spacial score (nSPS) is 17.4. The van der Waals surface area contributed by atoms with Gasteiger partial charge in [0, 0.05) is 0 Å². The van der Waals surface area contributed by atoms with Crippen molar-refractivity contribution in [2.75, 3.05) is 13.2 Å². The maximum absolute atomic E-state index is 12.7. The van der Waals surface area contributed by atoms with Crippen LogP contribution >= 0.6 is 0 Å². The predicted octanol–water partition coefficient (Wildman–Crippen LogP) is 2.24. The summed E-state index contributed by atoms with van der Waals surface area (Å²) in [6.07, 6.45) is 0. The molecule has 2 N–H and O–H groups in total. The lowest BCUT2D eigenvalue weighted by molar-refractivity contribution is -0.138. The highest BCUT2D eigenvalue weighted by Crippen LogP contribution is 2.23. The van der Waals surface area contributed by atoms with Gasteiger partial charge < -0.3 is 15.2 Å². The zero-order chi connectivity index (χ0) is 21.0. The van der Waals surface area contributed by atoms with Crippen molar-refractivity contribution in [3.63, 3.8) is 0 Å². The van der Waals surface area contributed by atoms with Crippen molar-refractivity contribution in [2.24, 2.45) is 5.92 Å². The van der Waals surface area contributed by atoms with Crippen LogP contribution in [0.4, 0.5) is 4.79 Å². The summed E-state index contributed by atoms with van der Waals surface area (Å²) in [6, 6.07) is 14.8. The average Bonchev–Trinajstić information content (AvgIpc) is 3.01. The molecule has 1 aliphatic rings.